The number of rotatable bonds is 6. The van der Waals surface area contributed by atoms with Gasteiger partial charge in [0.15, 0.2) is 0 Å². The summed E-state index contributed by atoms with van der Waals surface area (Å²) < 4.78 is 38.1. The third-order valence-electron chi connectivity index (χ3n) is 3.72. The van der Waals surface area contributed by atoms with Crippen LogP contribution in [0.25, 0.3) is 11.4 Å². The normalized spacial score (nSPS) is 11.7. The first-order chi connectivity index (χ1) is 12.8. The zero-order valence-corrected chi connectivity index (χ0v) is 17.5. The van der Waals surface area contributed by atoms with Crippen LogP contribution in [0.1, 0.15) is 5.89 Å². The van der Waals surface area contributed by atoms with E-state index >= 15 is 0 Å². The molecule has 0 aliphatic heterocycles. The summed E-state index contributed by atoms with van der Waals surface area (Å²) in [5, 5.41) is 4.20. The first-order valence-electron chi connectivity index (χ1n) is 7.69. The quantitative estimate of drug-likeness (QED) is 0.539. The smallest absolute Gasteiger partial charge is 0.247 e. The summed E-state index contributed by atoms with van der Waals surface area (Å²) in [6.07, 6.45) is 0. The van der Waals surface area contributed by atoms with Crippen molar-refractivity contribution in [2.75, 3.05) is 14.2 Å². The van der Waals surface area contributed by atoms with E-state index in [1.165, 1.54) is 26.3 Å². The summed E-state index contributed by atoms with van der Waals surface area (Å²) in [5.41, 5.74) is 0.751. The Kier molecular flexibility index (Phi) is 5.85. The molecular weight excluding hydrogens is 458 g/mol. The molecule has 0 saturated heterocycles. The predicted octanol–water partition coefficient (Wildman–Crippen LogP) is 3.98. The molecule has 0 bridgehead atoms. The average molecular weight is 473 g/mol. The highest BCUT2D eigenvalue weighted by Crippen LogP contribution is 2.30. The lowest BCUT2D eigenvalue weighted by atomic mass is 10.2. The zero-order chi connectivity index (χ0) is 19.6. The Morgan fingerprint density at radius 1 is 1.26 bits per heavy atom. The van der Waals surface area contributed by atoms with Crippen LogP contribution in [0.2, 0.25) is 5.02 Å². The summed E-state index contributed by atoms with van der Waals surface area (Å²) in [7, 11) is -1.07. The Balaban J connectivity index is 1.85. The fraction of sp³-hybridized carbons (Fsp3) is 0.176. The lowest BCUT2D eigenvalue weighted by Gasteiger charge is -2.17. The average Bonchev–Trinajstić information content (AvgIpc) is 3.10. The molecule has 0 unspecified atom stereocenters. The predicted molar refractivity (Wildman–Crippen MR) is 104 cm³/mol. The van der Waals surface area contributed by atoms with Crippen molar-refractivity contribution < 1.29 is 17.7 Å². The standard InChI is InChI=1S/C17H15BrClN3O4S/c1-22(27(23,24)15-9-13(19)6-7-14(15)25-2)10-16-20-17(21-26-16)11-4-3-5-12(18)8-11/h3-9H,10H2,1-2H3. The highest BCUT2D eigenvalue weighted by molar-refractivity contribution is 9.10. The van der Waals surface area contributed by atoms with Gasteiger partial charge in [-0.2, -0.15) is 9.29 Å². The van der Waals surface area contributed by atoms with Gasteiger partial charge in [-0.25, -0.2) is 8.42 Å². The van der Waals surface area contributed by atoms with Crippen LogP contribution < -0.4 is 4.74 Å². The van der Waals surface area contributed by atoms with E-state index in [2.05, 4.69) is 26.1 Å². The third kappa shape index (κ3) is 4.32. The van der Waals surface area contributed by atoms with Gasteiger partial charge in [0, 0.05) is 22.1 Å². The maximum Gasteiger partial charge on any atom is 0.247 e. The molecule has 0 N–H and O–H groups in total. The molecular formula is C17H15BrClN3O4S. The lowest BCUT2D eigenvalue weighted by molar-refractivity contribution is 0.335. The largest absolute Gasteiger partial charge is 0.495 e. The minimum Gasteiger partial charge on any atom is -0.495 e. The van der Waals surface area contributed by atoms with Crippen molar-refractivity contribution >= 4 is 37.6 Å². The molecule has 27 heavy (non-hydrogen) atoms. The topological polar surface area (TPSA) is 85.5 Å². The van der Waals surface area contributed by atoms with Crippen molar-refractivity contribution in [3.05, 3.63) is 57.9 Å². The van der Waals surface area contributed by atoms with Gasteiger partial charge in [-0.15, -0.1) is 0 Å². The van der Waals surface area contributed by atoms with Crippen molar-refractivity contribution in [1.29, 1.82) is 0 Å². The number of hydrogen-bond donors (Lipinski definition) is 0. The summed E-state index contributed by atoms with van der Waals surface area (Å²) in [4.78, 5) is 4.23. The van der Waals surface area contributed by atoms with Gasteiger partial charge in [-0.1, -0.05) is 44.8 Å². The van der Waals surface area contributed by atoms with E-state index < -0.39 is 10.0 Å². The number of halogens is 2. The molecule has 142 valence electrons. The Morgan fingerprint density at radius 2 is 2.04 bits per heavy atom. The molecule has 0 atom stereocenters. The van der Waals surface area contributed by atoms with Crippen molar-refractivity contribution in [2.45, 2.75) is 11.4 Å². The van der Waals surface area contributed by atoms with Gasteiger partial charge in [0.25, 0.3) is 0 Å². The molecule has 10 heteroatoms. The zero-order valence-electron chi connectivity index (χ0n) is 14.4. The summed E-state index contributed by atoms with van der Waals surface area (Å²) in [6.45, 7) is -0.0982. The Hall–Kier alpha value is -1.94. The van der Waals surface area contributed by atoms with Gasteiger partial charge in [0.1, 0.15) is 10.6 Å². The van der Waals surface area contributed by atoms with Crippen molar-refractivity contribution in [1.82, 2.24) is 14.4 Å². The first kappa shape index (κ1) is 19.8. The fourth-order valence-corrected chi connectivity index (χ4v) is 4.29. The number of nitrogens with zero attached hydrogens (tertiary/aromatic N) is 3. The monoisotopic (exact) mass is 471 g/mol. The third-order valence-corrected chi connectivity index (χ3v) is 6.28. The Bertz CT molecular complexity index is 1070. The van der Waals surface area contributed by atoms with E-state index in [9.17, 15) is 8.42 Å². The highest BCUT2D eigenvalue weighted by Gasteiger charge is 2.27. The molecule has 0 aliphatic rings. The number of methoxy groups -OCH3 is 1. The minimum absolute atomic E-state index is 0.0354. The van der Waals surface area contributed by atoms with Gasteiger partial charge in [0.2, 0.25) is 21.7 Å². The molecule has 1 aromatic heterocycles. The van der Waals surface area contributed by atoms with Gasteiger partial charge >= 0.3 is 0 Å². The van der Waals surface area contributed by atoms with Crippen LogP contribution in [-0.2, 0) is 16.6 Å². The second-order valence-electron chi connectivity index (χ2n) is 5.58. The number of benzene rings is 2. The van der Waals surface area contributed by atoms with Crippen LogP contribution in [-0.4, -0.2) is 37.0 Å². The number of hydrogen-bond acceptors (Lipinski definition) is 6. The lowest BCUT2D eigenvalue weighted by Crippen LogP contribution is -2.27. The van der Waals surface area contributed by atoms with E-state index in [0.717, 1.165) is 14.3 Å². The molecule has 0 aliphatic carbocycles. The summed E-state index contributed by atoms with van der Waals surface area (Å²) in [5.74, 6) is 0.737. The maximum absolute atomic E-state index is 12.9. The number of aromatic nitrogens is 2. The summed E-state index contributed by atoms with van der Waals surface area (Å²) in [6, 6.07) is 11.8. The molecule has 0 fully saturated rings. The number of ether oxygens (including phenoxy) is 1. The van der Waals surface area contributed by atoms with E-state index in [4.69, 9.17) is 20.9 Å². The van der Waals surface area contributed by atoms with Crippen molar-refractivity contribution in [2.24, 2.45) is 0 Å². The van der Waals surface area contributed by atoms with Crippen molar-refractivity contribution in [3.63, 3.8) is 0 Å². The van der Waals surface area contributed by atoms with Crippen LogP contribution in [0, 0.1) is 0 Å². The molecule has 0 spiro atoms. The highest BCUT2D eigenvalue weighted by atomic mass is 79.9. The summed E-state index contributed by atoms with van der Waals surface area (Å²) >= 11 is 9.33. The molecule has 1 heterocycles. The first-order valence-corrected chi connectivity index (χ1v) is 10.3. The molecule has 0 saturated carbocycles. The molecule has 0 radical (unpaired) electrons. The molecule has 7 nitrogen and oxygen atoms in total. The van der Waals surface area contributed by atoms with E-state index in [1.54, 1.807) is 6.07 Å². The van der Waals surface area contributed by atoms with Gasteiger partial charge in [-0.05, 0) is 30.3 Å². The van der Waals surface area contributed by atoms with E-state index in [1.807, 2.05) is 24.3 Å². The van der Waals surface area contributed by atoms with Crippen LogP contribution in [0.5, 0.6) is 5.75 Å². The van der Waals surface area contributed by atoms with Crippen molar-refractivity contribution in [3.8, 4) is 17.1 Å². The molecule has 2 aromatic carbocycles. The maximum atomic E-state index is 12.9. The molecule has 0 amide bonds. The molecule has 3 aromatic rings. The SMILES string of the molecule is COc1ccc(Cl)cc1S(=O)(=O)N(C)Cc1nc(-c2cccc(Br)c2)no1. The van der Waals surface area contributed by atoms with Gasteiger partial charge < -0.3 is 9.26 Å². The van der Waals surface area contributed by atoms with Crippen LogP contribution >= 0.6 is 27.5 Å². The van der Waals surface area contributed by atoms with Gasteiger partial charge in [0.05, 0.1) is 13.7 Å². The Morgan fingerprint density at radius 3 is 2.74 bits per heavy atom. The van der Waals surface area contributed by atoms with Gasteiger partial charge in [-0.3, -0.25) is 0 Å². The van der Waals surface area contributed by atoms with Crippen LogP contribution in [0.15, 0.2) is 56.4 Å². The fourth-order valence-electron chi connectivity index (χ4n) is 2.36. The van der Waals surface area contributed by atoms with E-state index in [-0.39, 0.29) is 28.1 Å². The van der Waals surface area contributed by atoms with E-state index in [0.29, 0.717) is 5.82 Å². The second kappa shape index (κ2) is 7.97. The second-order valence-corrected chi connectivity index (χ2v) is 8.94. The number of sulfonamides is 1. The molecule has 3 rings (SSSR count). The van der Waals surface area contributed by atoms with Crippen LogP contribution in [0.4, 0.5) is 0 Å². The van der Waals surface area contributed by atoms with Crippen LogP contribution in [0.3, 0.4) is 0 Å². The Labute approximate surface area is 170 Å². The minimum atomic E-state index is -3.88.